The van der Waals surface area contributed by atoms with Gasteiger partial charge in [0.05, 0.1) is 20.8 Å². The van der Waals surface area contributed by atoms with Crippen LogP contribution in [0.3, 0.4) is 0 Å². The van der Waals surface area contributed by atoms with Gasteiger partial charge < -0.3 is 14.4 Å². The number of benzene rings is 3. The molecule has 0 fully saturated rings. The summed E-state index contributed by atoms with van der Waals surface area (Å²) in [5.41, 5.74) is 4.64. The molecule has 29 heavy (non-hydrogen) atoms. The van der Waals surface area contributed by atoms with E-state index in [1.54, 1.807) is 14.2 Å². The zero-order chi connectivity index (χ0) is 20.4. The lowest BCUT2D eigenvalue weighted by Gasteiger charge is -2.20. The van der Waals surface area contributed by atoms with Crippen molar-refractivity contribution in [1.82, 2.24) is 0 Å². The molecule has 0 spiro atoms. The molecule has 0 N–H and O–H groups in total. The second-order valence-electron chi connectivity index (χ2n) is 6.89. The maximum absolute atomic E-state index is 12.9. The molecule has 5 nitrogen and oxygen atoms in total. The number of methoxy groups -OCH3 is 2. The van der Waals surface area contributed by atoms with Crippen LogP contribution >= 0.6 is 0 Å². The number of rotatable bonds is 4. The van der Waals surface area contributed by atoms with Gasteiger partial charge >= 0.3 is 0 Å². The van der Waals surface area contributed by atoms with Crippen LogP contribution in [0.25, 0.3) is 0 Å². The Kier molecular flexibility index (Phi) is 5.04. The number of carbonyl (C=O) groups excluding carboxylic acids is 1. The molecule has 3 aromatic rings. The zero-order valence-electron chi connectivity index (χ0n) is 16.7. The smallest absolute Gasteiger partial charge is 0.278 e. The maximum Gasteiger partial charge on any atom is 0.278 e. The molecule has 146 valence electrons. The Morgan fingerprint density at radius 2 is 1.66 bits per heavy atom. The van der Waals surface area contributed by atoms with E-state index in [1.165, 1.54) is 0 Å². The Balaban J connectivity index is 1.77. The van der Waals surface area contributed by atoms with Crippen LogP contribution in [0.4, 0.5) is 5.69 Å². The van der Waals surface area contributed by atoms with Gasteiger partial charge in [0.1, 0.15) is 5.84 Å². The minimum absolute atomic E-state index is 0.262. The molecule has 0 aliphatic carbocycles. The second-order valence-corrected chi connectivity index (χ2v) is 6.89. The molecule has 4 rings (SSSR count). The zero-order valence-corrected chi connectivity index (χ0v) is 16.7. The molecular weight excluding hydrogens is 364 g/mol. The van der Waals surface area contributed by atoms with Gasteiger partial charge in [-0.2, -0.15) is 4.99 Å². The molecule has 1 amide bonds. The van der Waals surface area contributed by atoms with Gasteiger partial charge in [0, 0.05) is 22.9 Å². The largest absolute Gasteiger partial charge is 0.493 e. The number of anilines is 1. The third-order valence-electron chi connectivity index (χ3n) is 5.03. The van der Waals surface area contributed by atoms with Crippen molar-refractivity contribution in [3.05, 3.63) is 89.0 Å². The summed E-state index contributed by atoms with van der Waals surface area (Å²) in [4.78, 5) is 19.4. The van der Waals surface area contributed by atoms with Crippen LogP contribution in [-0.2, 0) is 6.54 Å². The highest BCUT2D eigenvalue weighted by Gasteiger charge is 2.28. The normalized spacial score (nSPS) is 14.0. The predicted octanol–water partition coefficient (Wildman–Crippen LogP) is 4.62. The number of amides is 1. The number of ether oxygens (including phenoxy) is 2. The Morgan fingerprint density at radius 3 is 2.38 bits per heavy atom. The Bertz CT molecular complexity index is 1090. The summed E-state index contributed by atoms with van der Waals surface area (Å²) >= 11 is 0. The average molecular weight is 386 g/mol. The van der Waals surface area contributed by atoms with Crippen LogP contribution in [0.5, 0.6) is 11.5 Å². The van der Waals surface area contributed by atoms with Crippen LogP contribution < -0.4 is 14.4 Å². The van der Waals surface area contributed by atoms with Crippen molar-refractivity contribution in [3.63, 3.8) is 0 Å². The van der Waals surface area contributed by atoms with E-state index in [4.69, 9.17) is 9.47 Å². The van der Waals surface area contributed by atoms with Gasteiger partial charge in [0.15, 0.2) is 11.5 Å². The van der Waals surface area contributed by atoms with E-state index in [2.05, 4.69) is 11.1 Å². The standard InChI is InChI=1S/C24H22N2O3/c1-16-8-10-17(11-9-16)24(27)25-23-20-7-5-4-6-18(20)15-26(23)19-12-13-21(28-2)22(14-19)29-3/h4-14H,15H2,1-3H3. The summed E-state index contributed by atoms with van der Waals surface area (Å²) in [5, 5.41) is 0. The predicted molar refractivity (Wildman–Crippen MR) is 114 cm³/mol. The van der Waals surface area contributed by atoms with Crippen LogP contribution in [0.1, 0.15) is 27.0 Å². The summed E-state index contributed by atoms with van der Waals surface area (Å²) in [7, 11) is 3.21. The third kappa shape index (κ3) is 3.59. The number of amidine groups is 1. The summed E-state index contributed by atoms with van der Waals surface area (Å²) in [6.07, 6.45) is 0. The molecule has 0 atom stereocenters. The van der Waals surface area contributed by atoms with Crippen molar-refractivity contribution in [2.45, 2.75) is 13.5 Å². The van der Waals surface area contributed by atoms with Crippen molar-refractivity contribution in [2.75, 3.05) is 19.1 Å². The molecule has 0 saturated carbocycles. The van der Waals surface area contributed by atoms with Crippen LogP contribution in [0, 0.1) is 6.92 Å². The van der Waals surface area contributed by atoms with Gasteiger partial charge in [-0.15, -0.1) is 0 Å². The highest BCUT2D eigenvalue weighted by molar-refractivity contribution is 6.18. The molecule has 0 radical (unpaired) electrons. The van der Waals surface area contributed by atoms with Crippen molar-refractivity contribution in [2.24, 2.45) is 4.99 Å². The Labute approximate surface area is 170 Å². The average Bonchev–Trinajstić information content (AvgIpc) is 3.12. The number of fused-ring (bicyclic) bond motifs is 1. The van der Waals surface area contributed by atoms with Gasteiger partial charge in [-0.05, 0) is 36.8 Å². The summed E-state index contributed by atoms with van der Waals surface area (Å²) < 4.78 is 10.8. The van der Waals surface area contributed by atoms with Crippen LogP contribution in [0.15, 0.2) is 71.7 Å². The minimum atomic E-state index is -0.262. The molecule has 3 aromatic carbocycles. The van der Waals surface area contributed by atoms with Gasteiger partial charge in [-0.25, -0.2) is 0 Å². The highest BCUT2D eigenvalue weighted by atomic mass is 16.5. The number of nitrogens with zero attached hydrogens (tertiary/aromatic N) is 2. The molecule has 1 heterocycles. The van der Waals surface area contributed by atoms with E-state index in [9.17, 15) is 4.79 Å². The molecule has 1 aliphatic rings. The number of aryl methyl sites for hydroxylation is 1. The van der Waals surface area contributed by atoms with Crippen LogP contribution in [0.2, 0.25) is 0 Å². The topological polar surface area (TPSA) is 51.1 Å². The first-order valence-corrected chi connectivity index (χ1v) is 9.38. The van der Waals surface area contributed by atoms with E-state index in [-0.39, 0.29) is 5.91 Å². The van der Waals surface area contributed by atoms with E-state index in [1.807, 2.05) is 72.5 Å². The minimum Gasteiger partial charge on any atom is -0.493 e. The number of aliphatic imine (C=N–C) groups is 1. The number of carbonyl (C=O) groups is 1. The van der Waals surface area contributed by atoms with E-state index in [0.717, 1.165) is 22.4 Å². The first-order valence-electron chi connectivity index (χ1n) is 9.38. The van der Waals surface area contributed by atoms with Crippen molar-refractivity contribution >= 4 is 17.4 Å². The van der Waals surface area contributed by atoms with E-state index in [0.29, 0.717) is 29.4 Å². The molecule has 5 heteroatoms. The first-order chi connectivity index (χ1) is 14.1. The van der Waals surface area contributed by atoms with Crippen molar-refractivity contribution in [1.29, 1.82) is 0 Å². The fourth-order valence-electron chi connectivity index (χ4n) is 3.45. The fraction of sp³-hybridized carbons (Fsp3) is 0.167. The first kappa shape index (κ1) is 18.7. The second kappa shape index (κ2) is 7.80. The lowest BCUT2D eigenvalue weighted by atomic mass is 10.1. The van der Waals surface area contributed by atoms with Crippen LogP contribution in [-0.4, -0.2) is 26.0 Å². The molecule has 0 bridgehead atoms. The van der Waals surface area contributed by atoms with Crippen molar-refractivity contribution in [3.8, 4) is 11.5 Å². The van der Waals surface area contributed by atoms with E-state index < -0.39 is 0 Å². The van der Waals surface area contributed by atoms with E-state index >= 15 is 0 Å². The van der Waals surface area contributed by atoms with Gasteiger partial charge in [0.2, 0.25) is 0 Å². The van der Waals surface area contributed by atoms with Gasteiger partial charge in [0.25, 0.3) is 5.91 Å². The summed E-state index contributed by atoms with van der Waals surface area (Å²) in [5.74, 6) is 1.66. The van der Waals surface area contributed by atoms with Gasteiger partial charge in [-0.3, -0.25) is 4.79 Å². The maximum atomic E-state index is 12.9. The fourth-order valence-corrected chi connectivity index (χ4v) is 3.45. The molecule has 1 aliphatic heterocycles. The van der Waals surface area contributed by atoms with Gasteiger partial charge in [-0.1, -0.05) is 42.0 Å². The SMILES string of the molecule is COc1ccc(N2Cc3ccccc3C2=NC(=O)c2ccc(C)cc2)cc1OC. The third-order valence-corrected chi connectivity index (χ3v) is 5.03. The monoisotopic (exact) mass is 386 g/mol. The molecule has 0 unspecified atom stereocenters. The number of hydrogen-bond donors (Lipinski definition) is 0. The summed E-state index contributed by atoms with van der Waals surface area (Å²) in [6.45, 7) is 2.62. The lowest BCUT2D eigenvalue weighted by Crippen LogP contribution is -2.25. The lowest BCUT2D eigenvalue weighted by molar-refractivity contribution is 0.100. The molecule has 0 aromatic heterocycles. The number of hydrogen-bond acceptors (Lipinski definition) is 3. The summed E-state index contributed by atoms with van der Waals surface area (Å²) in [6, 6.07) is 21.2. The van der Waals surface area contributed by atoms with Crippen molar-refractivity contribution < 1.29 is 14.3 Å². The molecular formula is C24H22N2O3. The Morgan fingerprint density at radius 1 is 0.931 bits per heavy atom. The quantitative estimate of drug-likeness (QED) is 0.657. The highest BCUT2D eigenvalue weighted by Crippen LogP contribution is 2.35. The Hall–Kier alpha value is -3.60. The molecule has 0 saturated heterocycles.